The number of thioether (sulfide) groups is 1. The fourth-order valence-electron chi connectivity index (χ4n) is 0.968. The van der Waals surface area contributed by atoms with E-state index in [1.54, 1.807) is 18.2 Å². The number of hydrogen-bond donors (Lipinski definition) is 1. The van der Waals surface area contributed by atoms with Crippen molar-refractivity contribution in [3.63, 3.8) is 0 Å². The Labute approximate surface area is 85.9 Å². The monoisotopic (exact) mass is 216 g/mol. The summed E-state index contributed by atoms with van der Waals surface area (Å²) in [5.41, 5.74) is 0.277. The van der Waals surface area contributed by atoms with Gasteiger partial charge in [-0.2, -0.15) is 0 Å². The second-order valence-electron chi connectivity index (χ2n) is 2.35. The molecule has 1 aromatic rings. The normalized spacial score (nSPS) is 10.0. The van der Waals surface area contributed by atoms with Crippen molar-refractivity contribution in [2.24, 2.45) is 0 Å². The van der Waals surface area contributed by atoms with Gasteiger partial charge in [0.25, 0.3) is 0 Å². The predicted molar refractivity (Wildman–Crippen MR) is 54.8 cm³/mol. The first-order chi connectivity index (χ1) is 6.16. The van der Waals surface area contributed by atoms with Crippen LogP contribution in [-0.2, 0) is 0 Å². The Morgan fingerprint density at radius 2 is 2.31 bits per heavy atom. The zero-order valence-electron chi connectivity index (χ0n) is 7.08. The van der Waals surface area contributed by atoms with E-state index in [1.807, 2.05) is 6.92 Å². The summed E-state index contributed by atoms with van der Waals surface area (Å²) in [6.07, 6.45) is 0. The van der Waals surface area contributed by atoms with Crippen LogP contribution in [0.5, 0.6) is 0 Å². The first-order valence-corrected chi connectivity index (χ1v) is 5.17. The van der Waals surface area contributed by atoms with E-state index in [9.17, 15) is 4.79 Å². The van der Waals surface area contributed by atoms with E-state index in [0.717, 1.165) is 5.75 Å². The molecule has 4 heteroatoms. The molecule has 1 N–H and O–H groups in total. The molecule has 2 nitrogen and oxygen atoms in total. The van der Waals surface area contributed by atoms with Crippen molar-refractivity contribution in [3.05, 3.63) is 28.8 Å². The van der Waals surface area contributed by atoms with Crippen LogP contribution in [0.15, 0.2) is 23.1 Å². The molecule has 0 saturated carbocycles. The van der Waals surface area contributed by atoms with Gasteiger partial charge >= 0.3 is 5.97 Å². The molecule has 0 atom stereocenters. The molecule has 0 aliphatic rings. The highest BCUT2D eigenvalue weighted by Crippen LogP contribution is 2.30. The highest BCUT2D eigenvalue weighted by atomic mass is 35.5. The Hall–Kier alpha value is -0.670. The lowest BCUT2D eigenvalue weighted by atomic mass is 10.2. The number of halogens is 1. The number of benzene rings is 1. The van der Waals surface area contributed by atoms with Crippen LogP contribution in [0.1, 0.15) is 17.3 Å². The standard InChI is InChI=1S/C9H9ClO2S/c1-2-13-8-6(9(11)12)4-3-5-7(8)10/h3-5H,2H2,1H3,(H,11,12). The second kappa shape index (κ2) is 4.53. The molecule has 0 aliphatic carbocycles. The maximum Gasteiger partial charge on any atom is 0.336 e. The van der Waals surface area contributed by atoms with Crippen molar-refractivity contribution in [2.45, 2.75) is 11.8 Å². The zero-order chi connectivity index (χ0) is 9.84. The van der Waals surface area contributed by atoms with E-state index in [4.69, 9.17) is 16.7 Å². The van der Waals surface area contributed by atoms with Gasteiger partial charge in [0, 0.05) is 4.90 Å². The largest absolute Gasteiger partial charge is 0.478 e. The minimum atomic E-state index is -0.932. The van der Waals surface area contributed by atoms with Gasteiger partial charge < -0.3 is 5.11 Å². The highest BCUT2D eigenvalue weighted by Gasteiger charge is 2.12. The molecule has 0 heterocycles. The summed E-state index contributed by atoms with van der Waals surface area (Å²) in [5.74, 6) is -0.122. The molecule has 0 aromatic heterocycles. The van der Waals surface area contributed by atoms with Crippen LogP contribution in [0.25, 0.3) is 0 Å². The van der Waals surface area contributed by atoms with Gasteiger partial charge in [0.05, 0.1) is 10.6 Å². The molecule has 0 unspecified atom stereocenters. The molecule has 1 aromatic carbocycles. The van der Waals surface area contributed by atoms with Gasteiger partial charge in [-0.15, -0.1) is 11.8 Å². The van der Waals surface area contributed by atoms with E-state index in [2.05, 4.69) is 0 Å². The van der Waals surface area contributed by atoms with Crippen LogP contribution >= 0.6 is 23.4 Å². The molecule has 70 valence electrons. The summed E-state index contributed by atoms with van der Waals surface area (Å²) in [4.78, 5) is 11.4. The average Bonchev–Trinajstić information content (AvgIpc) is 2.08. The lowest BCUT2D eigenvalue weighted by Gasteiger charge is -2.05. The van der Waals surface area contributed by atoms with E-state index in [1.165, 1.54) is 11.8 Å². The Balaban J connectivity index is 3.17. The quantitative estimate of drug-likeness (QED) is 0.789. The number of aromatic carboxylic acids is 1. The van der Waals surface area contributed by atoms with Crippen molar-refractivity contribution < 1.29 is 9.90 Å². The van der Waals surface area contributed by atoms with Crippen LogP contribution in [0.4, 0.5) is 0 Å². The Kier molecular flexibility index (Phi) is 3.63. The molecular formula is C9H9ClO2S. The molecule has 0 bridgehead atoms. The van der Waals surface area contributed by atoms with E-state index in [0.29, 0.717) is 9.92 Å². The van der Waals surface area contributed by atoms with Crippen LogP contribution < -0.4 is 0 Å². The third kappa shape index (κ3) is 2.39. The minimum Gasteiger partial charge on any atom is -0.478 e. The summed E-state index contributed by atoms with van der Waals surface area (Å²) < 4.78 is 0. The molecule has 0 saturated heterocycles. The Bertz CT molecular complexity index is 325. The molecule has 0 spiro atoms. The zero-order valence-corrected chi connectivity index (χ0v) is 8.65. The van der Waals surface area contributed by atoms with Gasteiger partial charge in [0.15, 0.2) is 0 Å². The summed E-state index contributed by atoms with van der Waals surface area (Å²) in [6, 6.07) is 4.91. The van der Waals surface area contributed by atoms with Gasteiger partial charge in [-0.05, 0) is 17.9 Å². The molecule has 1 rings (SSSR count). The van der Waals surface area contributed by atoms with Crippen molar-refractivity contribution in [1.82, 2.24) is 0 Å². The van der Waals surface area contributed by atoms with Gasteiger partial charge in [-0.1, -0.05) is 24.6 Å². The van der Waals surface area contributed by atoms with Crippen LogP contribution in [0, 0.1) is 0 Å². The molecule has 0 amide bonds. The summed E-state index contributed by atoms with van der Waals surface area (Å²) in [6.45, 7) is 1.96. The molecule has 13 heavy (non-hydrogen) atoms. The van der Waals surface area contributed by atoms with Crippen molar-refractivity contribution >= 4 is 29.3 Å². The van der Waals surface area contributed by atoms with Crippen molar-refractivity contribution in [1.29, 1.82) is 0 Å². The van der Waals surface area contributed by atoms with Crippen LogP contribution in [0.2, 0.25) is 5.02 Å². The van der Waals surface area contributed by atoms with Crippen molar-refractivity contribution in [2.75, 3.05) is 5.75 Å². The van der Waals surface area contributed by atoms with Gasteiger partial charge in [-0.25, -0.2) is 4.79 Å². The fraction of sp³-hybridized carbons (Fsp3) is 0.222. The summed E-state index contributed by atoms with van der Waals surface area (Å²) in [7, 11) is 0. The minimum absolute atomic E-state index is 0.277. The number of carbonyl (C=O) groups is 1. The molecule has 0 radical (unpaired) electrons. The SMILES string of the molecule is CCSc1c(Cl)cccc1C(=O)O. The van der Waals surface area contributed by atoms with Gasteiger partial charge in [-0.3, -0.25) is 0 Å². The van der Waals surface area contributed by atoms with Crippen LogP contribution in [0.3, 0.4) is 0 Å². The number of rotatable bonds is 3. The Morgan fingerprint density at radius 1 is 1.62 bits per heavy atom. The number of hydrogen-bond acceptors (Lipinski definition) is 2. The average molecular weight is 217 g/mol. The highest BCUT2D eigenvalue weighted by molar-refractivity contribution is 7.99. The maximum absolute atomic E-state index is 10.8. The summed E-state index contributed by atoms with van der Waals surface area (Å²) >= 11 is 7.31. The Morgan fingerprint density at radius 3 is 2.85 bits per heavy atom. The third-order valence-electron chi connectivity index (χ3n) is 1.49. The third-order valence-corrected chi connectivity index (χ3v) is 2.93. The first-order valence-electron chi connectivity index (χ1n) is 3.81. The van der Waals surface area contributed by atoms with E-state index >= 15 is 0 Å². The second-order valence-corrected chi connectivity index (χ2v) is 4.04. The predicted octanol–water partition coefficient (Wildman–Crippen LogP) is 3.15. The topological polar surface area (TPSA) is 37.3 Å². The fourth-order valence-corrected chi connectivity index (χ4v) is 2.11. The van der Waals surface area contributed by atoms with E-state index < -0.39 is 5.97 Å². The van der Waals surface area contributed by atoms with Crippen LogP contribution in [-0.4, -0.2) is 16.8 Å². The van der Waals surface area contributed by atoms with Gasteiger partial charge in [0.1, 0.15) is 0 Å². The van der Waals surface area contributed by atoms with Gasteiger partial charge in [0.2, 0.25) is 0 Å². The van der Waals surface area contributed by atoms with E-state index in [-0.39, 0.29) is 5.56 Å². The molecular weight excluding hydrogens is 208 g/mol. The lowest BCUT2D eigenvalue weighted by molar-refractivity contribution is 0.0693. The number of carboxylic acids is 1. The molecule has 0 aliphatic heterocycles. The maximum atomic E-state index is 10.8. The summed E-state index contributed by atoms with van der Waals surface area (Å²) in [5, 5.41) is 9.35. The number of carboxylic acid groups (broad SMARTS) is 1. The lowest BCUT2D eigenvalue weighted by Crippen LogP contribution is -1.98. The first kappa shape index (κ1) is 10.4. The molecule has 0 fully saturated rings. The smallest absolute Gasteiger partial charge is 0.336 e. The van der Waals surface area contributed by atoms with Crippen molar-refractivity contribution in [3.8, 4) is 0 Å².